The second kappa shape index (κ2) is 13.9. The van der Waals surface area contributed by atoms with E-state index in [9.17, 15) is 4.79 Å². The highest BCUT2D eigenvalue weighted by Gasteiger charge is 2.25. The van der Waals surface area contributed by atoms with Gasteiger partial charge >= 0.3 is 0 Å². The van der Waals surface area contributed by atoms with Gasteiger partial charge < -0.3 is 10.5 Å². The standard InChI is InChI=1S/C12H21N3O2.C9H12/c1-9(8-13-17)10(2)14-12(16)11-6-4-5-7-15(11)3;1-4-6-8-9(3)7-5-2/h8,11,17H,4-7H2,1-3H3,(H,14,16);2,4,6,8H,7H2,1,3H3/b10-9+,13-8-;6-4-,9-8-. The molecule has 1 fully saturated rings. The Morgan fingerprint density at radius 1 is 1.38 bits per heavy atom. The molecule has 1 aliphatic rings. The molecule has 1 atom stereocenters. The first-order valence-corrected chi connectivity index (χ1v) is 8.95. The summed E-state index contributed by atoms with van der Waals surface area (Å²) in [4.78, 5) is 14.1. The molecule has 1 rings (SSSR count). The van der Waals surface area contributed by atoms with Crippen molar-refractivity contribution in [3.05, 3.63) is 35.1 Å². The summed E-state index contributed by atoms with van der Waals surface area (Å²) in [6.07, 6.45) is 16.3. The molecule has 5 nitrogen and oxygen atoms in total. The van der Waals surface area contributed by atoms with Gasteiger partial charge in [-0.1, -0.05) is 35.4 Å². The molecule has 0 aromatic carbocycles. The van der Waals surface area contributed by atoms with E-state index in [1.165, 1.54) is 11.8 Å². The topological polar surface area (TPSA) is 64.9 Å². The van der Waals surface area contributed by atoms with Gasteiger partial charge in [0.15, 0.2) is 0 Å². The van der Waals surface area contributed by atoms with E-state index in [0.717, 1.165) is 43.5 Å². The number of hydrogen-bond acceptors (Lipinski definition) is 4. The van der Waals surface area contributed by atoms with Crippen LogP contribution < -0.4 is 5.32 Å². The fourth-order valence-corrected chi connectivity index (χ4v) is 2.44. The number of rotatable bonds is 5. The van der Waals surface area contributed by atoms with Crippen molar-refractivity contribution in [1.29, 1.82) is 0 Å². The molecule has 144 valence electrons. The molecule has 1 amide bonds. The van der Waals surface area contributed by atoms with E-state index < -0.39 is 0 Å². The average molecular weight is 360 g/mol. The number of carbonyl (C=O) groups excluding carboxylic acids is 1. The van der Waals surface area contributed by atoms with E-state index in [1.54, 1.807) is 13.8 Å². The van der Waals surface area contributed by atoms with Gasteiger partial charge in [0.05, 0.1) is 12.3 Å². The second-order valence-electron chi connectivity index (χ2n) is 6.45. The van der Waals surface area contributed by atoms with E-state index in [0.29, 0.717) is 0 Å². The third-order valence-electron chi connectivity index (χ3n) is 4.18. The highest BCUT2D eigenvalue weighted by molar-refractivity contribution is 5.85. The van der Waals surface area contributed by atoms with Gasteiger partial charge in [0.2, 0.25) is 5.91 Å². The fourth-order valence-electron chi connectivity index (χ4n) is 2.44. The Bertz CT molecular complexity index is 595. The highest BCUT2D eigenvalue weighted by Crippen LogP contribution is 2.15. The molecule has 2 N–H and O–H groups in total. The number of piperidine rings is 1. The van der Waals surface area contributed by atoms with Gasteiger partial charge in [-0.25, -0.2) is 0 Å². The predicted molar refractivity (Wildman–Crippen MR) is 109 cm³/mol. The van der Waals surface area contributed by atoms with Crippen LogP contribution in [0.2, 0.25) is 0 Å². The maximum Gasteiger partial charge on any atom is 0.241 e. The van der Waals surface area contributed by atoms with Crippen LogP contribution in [-0.2, 0) is 4.79 Å². The average Bonchev–Trinajstić information content (AvgIpc) is 2.61. The van der Waals surface area contributed by atoms with Crippen molar-refractivity contribution in [3.8, 4) is 12.3 Å². The van der Waals surface area contributed by atoms with Gasteiger partial charge in [-0.15, -0.1) is 12.3 Å². The first-order chi connectivity index (χ1) is 12.4. The number of likely N-dealkylation sites (tertiary alicyclic amines) is 1. The molecule has 0 bridgehead atoms. The van der Waals surface area contributed by atoms with Gasteiger partial charge in [-0.3, -0.25) is 9.69 Å². The molecule has 5 heteroatoms. The molecule has 0 radical (unpaired) electrons. The Morgan fingerprint density at radius 3 is 2.62 bits per heavy atom. The summed E-state index contributed by atoms with van der Waals surface area (Å²) in [6, 6.07) is -0.0439. The van der Waals surface area contributed by atoms with Crippen molar-refractivity contribution in [1.82, 2.24) is 10.2 Å². The summed E-state index contributed by atoms with van der Waals surface area (Å²) in [5, 5.41) is 14.2. The van der Waals surface area contributed by atoms with Gasteiger partial charge in [0, 0.05) is 12.1 Å². The number of carbonyl (C=O) groups is 1. The van der Waals surface area contributed by atoms with Crippen molar-refractivity contribution in [3.63, 3.8) is 0 Å². The molecule has 26 heavy (non-hydrogen) atoms. The lowest BCUT2D eigenvalue weighted by atomic mass is 10.0. The van der Waals surface area contributed by atoms with Crippen LogP contribution in [0.3, 0.4) is 0 Å². The summed E-state index contributed by atoms with van der Waals surface area (Å²) in [5.74, 6) is 2.60. The number of likely N-dealkylation sites (N-methyl/N-ethyl adjacent to an activating group) is 1. The molecule has 1 saturated heterocycles. The summed E-state index contributed by atoms with van der Waals surface area (Å²) in [6.45, 7) is 8.58. The van der Waals surface area contributed by atoms with Gasteiger partial charge in [0.25, 0.3) is 0 Å². The van der Waals surface area contributed by atoms with E-state index in [1.807, 2.05) is 39.1 Å². The van der Waals surface area contributed by atoms with E-state index in [-0.39, 0.29) is 11.9 Å². The molecule has 1 heterocycles. The number of nitrogens with one attached hydrogen (secondary N) is 1. The Morgan fingerprint density at radius 2 is 2.08 bits per heavy atom. The predicted octanol–water partition coefficient (Wildman–Crippen LogP) is 3.87. The monoisotopic (exact) mass is 359 g/mol. The molecule has 0 aromatic heterocycles. The van der Waals surface area contributed by atoms with Gasteiger partial charge in [-0.2, -0.15) is 0 Å². The van der Waals surface area contributed by atoms with Crippen molar-refractivity contribution in [2.75, 3.05) is 13.6 Å². The number of hydrogen-bond donors (Lipinski definition) is 2. The quantitative estimate of drug-likeness (QED) is 0.257. The van der Waals surface area contributed by atoms with Crippen molar-refractivity contribution in [2.45, 2.75) is 59.4 Å². The van der Waals surface area contributed by atoms with Crippen molar-refractivity contribution in [2.24, 2.45) is 5.16 Å². The van der Waals surface area contributed by atoms with Crippen LogP contribution in [0, 0.1) is 12.3 Å². The zero-order chi connectivity index (χ0) is 19.9. The molecule has 0 aromatic rings. The van der Waals surface area contributed by atoms with Crippen LogP contribution in [-0.4, -0.2) is 41.9 Å². The Balaban J connectivity index is 0.000000590. The zero-order valence-corrected chi connectivity index (χ0v) is 16.7. The van der Waals surface area contributed by atoms with E-state index >= 15 is 0 Å². The number of allylic oxidation sites excluding steroid dienone is 6. The maximum absolute atomic E-state index is 12.0. The van der Waals surface area contributed by atoms with Gasteiger partial charge in [-0.05, 0) is 59.7 Å². The minimum absolute atomic E-state index is 0.0235. The molecule has 0 spiro atoms. The number of oxime groups is 1. The Labute approximate surface area is 158 Å². The normalized spacial score (nSPS) is 19.5. The zero-order valence-electron chi connectivity index (χ0n) is 16.7. The SMILES string of the molecule is C#CC/C(C)=C\C=C/C.CC(/C=N\O)=C(/C)NC(=O)C1CCCCN1C. The fraction of sp³-hybridized carbons (Fsp3) is 0.524. The largest absolute Gasteiger partial charge is 0.411 e. The van der Waals surface area contributed by atoms with Crippen LogP contribution in [0.25, 0.3) is 0 Å². The van der Waals surface area contributed by atoms with Gasteiger partial charge in [0.1, 0.15) is 0 Å². The van der Waals surface area contributed by atoms with Crippen LogP contribution in [0.15, 0.2) is 40.2 Å². The lowest BCUT2D eigenvalue weighted by molar-refractivity contribution is -0.126. The Hall–Kier alpha value is -2.32. The van der Waals surface area contributed by atoms with Crippen LogP contribution >= 0.6 is 0 Å². The Kier molecular flexibility index (Phi) is 12.7. The lowest BCUT2D eigenvalue weighted by Gasteiger charge is -2.31. The van der Waals surface area contributed by atoms with E-state index in [2.05, 4.69) is 21.3 Å². The maximum atomic E-state index is 12.0. The van der Waals surface area contributed by atoms with E-state index in [4.69, 9.17) is 11.6 Å². The lowest BCUT2D eigenvalue weighted by Crippen LogP contribution is -2.47. The number of terminal acetylenes is 1. The third kappa shape index (κ3) is 9.85. The highest BCUT2D eigenvalue weighted by atomic mass is 16.4. The summed E-state index contributed by atoms with van der Waals surface area (Å²) < 4.78 is 0. The summed E-state index contributed by atoms with van der Waals surface area (Å²) in [5.41, 5.74) is 2.71. The smallest absolute Gasteiger partial charge is 0.241 e. The van der Waals surface area contributed by atoms with Crippen LogP contribution in [0.4, 0.5) is 0 Å². The first-order valence-electron chi connectivity index (χ1n) is 8.95. The summed E-state index contributed by atoms with van der Waals surface area (Å²) >= 11 is 0. The first kappa shape index (κ1) is 23.7. The van der Waals surface area contributed by atoms with Crippen molar-refractivity contribution < 1.29 is 10.0 Å². The molecule has 1 unspecified atom stereocenters. The molecule has 0 aliphatic carbocycles. The van der Waals surface area contributed by atoms with Crippen LogP contribution in [0.1, 0.15) is 53.4 Å². The number of nitrogens with zero attached hydrogens (tertiary/aromatic N) is 2. The van der Waals surface area contributed by atoms with Crippen LogP contribution in [0.5, 0.6) is 0 Å². The van der Waals surface area contributed by atoms with Crippen molar-refractivity contribution >= 4 is 12.1 Å². The minimum atomic E-state index is -0.0439. The number of amides is 1. The molecule has 1 aliphatic heterocycles. The second-order valence-corrected chi connectivity index (χ2v) is 6.45. The molecular weight excluding hydrogens is 326 g/mol. The third-order valence-corrected chi connectivity index (χ3v) is 4.18. The summed E-state index contributed by atoms with van der Waals surface area (Å²) in [7, 11) is 1.98. The minimum Gasteiger partial charge on any atom is -0.411 e. The molecular formula is C21H33N3O2. The molecule has 0 saturated carbocycles.